The van der Waals surface area contributed by atoms with Gasteiger partial charge < -0.3 is 15.3 Å². The Morgan fingerprint density at radius 2 is 1.64 bits per heavy atom. The van der Waals surface area contributed by atoms with E-state index in [0.29, 0.717) is 18.2 Å². The topological polar surface area (TPSA) is 55.8 Å². The lowest BCUT2D eigenvalue weighted by molar-refractivity contribution is 0.0953. The summed E-state index contributed by atoms with van der Waals surface area (Å²) in [6.45, 7) is 8.95. The maximum absolute atomic E-state index is 12.1. The highest BCUT2D eigenvalue weighted by atomic mass is 16.3. The van der Waals surface area contributed by atoms with E-state index in [9.17, 15) is 9.90 Å². The number of phenolic OH excluding ortho intramolecular Hbond substituents is 1. The first kappa shape index (κ1) is 22.9. The van der Waals surface area contributed by atoms with Crippen LogP contribution in [0.4, 0.5) is 5.69 Å². The van der Waals surface area contributed by atoms with Crippen LogP contribution in [0, 0.1) is 0 Å². The van der Waals surface area contributed by atoms with Gasteiger partial charge in [0.15, 0.2) is 0 Å². The minimum atomic E-state index is -0.00266. The van der Waals surface area contributed by atoms with Crippen molar-refractivity contribution in [3.63, 3.8) is 0 Å². The fraction of sp³-hybridized carbons (Fsp3) is 0.321. The van der Waals surface area contributed by atoms with Crippen LogP contribution in [-0.4, -0.2) is 48.6 Å². The molecule has 1 amide bonds. The first-order valence-electron chi connectivity index (χ1n) is 11.8. The van der Waals surface area contributed by atoms with Crippen molar-refractivity contribution in [3.8, 4) is 16.9 Å². The summed E-state index contributed by atoms with van der Waals surface area (Å²) in [5, 5.41) is 12.7. The number of anilines is 1. The molecule has 3 aromatic carbocycles. The van der Waals surface area contributed by atoms with Gasteiger partial charge in [0, 0.05) is 50.0 Å². The molecule has 1 unspecified atom stereocenters. The average Bonchev–Trinajstić information content (AvgIpc) is 2.87. The summed E-state index contributed by atoms with van der Waals surface area (Å²) >= 11 is 0. The van der Waals surface area contributed by atoms with Crippen molar-refractivity contribution in [2.75, 3.05) is 37.6 Å². The van der Waals surface area contributed by atoms with Gasteiger partial charge in [-0.15, -0.1) is 0 Å². The van der Waals surface area contributed by atoms with Crippen molar-refractivity contribution in [2.24, 2.45) is 0 Å². The first-order valence-corrected chi connectivity index (χ1v) is 11.8. The molecule has 2 N–H and O–H groups in total. The molecule has 3 aromatic rings. The van der Waals surface area contributed by atoms with E-state index in [4.69, 9.17) is 0 Å². The summed E-state index contributed by atoms with van der Waals surface area (Å²) in [7, 11) is 0. The lowest BCUT2D eigenvalue weighted by atomic mass is 10.00. The lowest BCUT2D eigenvalue weighted by Gasteiger charge is -2.39. The van der Waals surface area contributed by atoms with Crippen molar-refractivity contribution in [3.05, 3.63) is 83.9 Å². The number of piperazine rings is 1. The van der Waals surface area contributed by atoms with Crippen LogP contribution < -0.4 is 10.2 Å². The fourth-order valence-corrected chi connectivity index (χ4v) is 4.38. The average molecular weight is 444 g/mol. The van der Waals surface area contributed by atoms with E-state index in [-0.39, 0.29) is 11.7 Å². The Morgan fingerprint density at radius 3 is 2.27 bits per heavy atom. The van der Waals surface area contributed by atoms with Gasteiger partial charge in [0.1, 0.15) is 5.75 Å². The largest absolute Gasteiger partial charge is 0.508 e. The number of hydrogen-bond acceptors (Lipinski definition) is 4. The summed E-state index contributed by atoms with van der Waals surface area (Å²) < 4.78 is 0. The van der Waals surface area contributed by atoms with Gasteiger partial charge in [0.2, 0.25) is 0 Å². The quantitative estimate of drug-likeness (QED) is 0.535. The van der Waals surface area contributed by atoms with Gasteiger partial charge in [0.05, 0.1) is 0 Å². The molecule has 0 bridgehead atoms. The molecule has 0 saturated carbocycles. The van der Waals surface area contributed by atoms with Gasteiger partial charge in [-0.3, -0.25) is 9.69 Å². The van der Waals surface area contributed by atoms with E-state index >= 15 is 0 Å². The van der Waals surface area contributed by atoms with Crippen molar-refractivity contribution < 1.29 is 9.90 Å². The highest BCUT2D eigenvalue weighted by Gasteiger charge is 2.22. The molecule has 0 spiro atoms. The molecule has 1 aliphatic rings. The second kappa shape index (κ2) is 10.5. The van der Waals surface area contributed by atoms with E-state index < -0.39 is 0 Å². The van der Waals surface area contributed by atoms with Crippen LogP contribution in [0.2, 0.25) is 0 Å². The zero-order chi connectivity index (χ0) is 23.2. The smallest absolute Gasteiger partial charge is 0.251 e. The molecule has 1 atom stereocenters. The number of amides is 1. The number of carbonyl (C=O) groups is 1. The van der Waals surface area contributed by atoms with Gasteiger partial charge in [-0.1, -0.05) is 43.3 Å². The van der Waals surface area contributed by atoms with Gasteiger partial charge in [0.25, 0.3) is 5.91 Å². The molecule has 4 rings (SSSR count). The standard InChI is InChI=1S/C28H33N3O2/c1-3-15-29-28(33)24-11-13-26(14-12-24)31-18-16-30(17-19-31)21(2)22-7-9-23(10-8-22)25-5-4-6-27(32)20-25/h4-14,20-21,32H,3,15-19H2,1-2H3,(H,29,33). The number of nitrogens with zero attached hydrogens (tertiary/aromatic N) is 2. The van der Waals surface area contributed by atoms with Crippen LogP contribution in [0.15, 0.2) is 72.8 Å². The molecular formula is C28H33N3O2. The zero-order valence-corrected chi connectivity index (χ0v) is 19.5. The van der Waals surface area contributed by atoms with E-state index in [1.165, 1.54) is 11.3 Å². The predicted molar refractivity (Wildman–Crippen MR) is 135 cm³/mol. The summed E-state index contributed by atoms with van der Waals surface area (Å²) in [6, 6.07) is 24.3. The van der Waals surface area contributed by atoms with Crippen LogP contribution in [0.3, 0.4) is 0 Å². The molecule has 0 aliphatic carbocycles. The van der Waals surface area contributed by atoms with Crippen molar-refractivity contribution >= 4 is 11.6 Å². The monoisotopic (exact) mass is 443 g/mol. The van der Waals surface area contributed by atoms with E-state index in [1.54, 1.807) is 12.1 Å². The Kier molecular flexibility index (Phi) is 7.30. The molecule has 1 aliphatic heterocycles. The van der Waals surface area contributed by atoms with Crippen LogP contribution in [0.5, 0.6) is 5.75 Å². The maximum Gasteiger partial charge on any atom is 0.251 e. The predicted octanol–water partition coefficient (Wildman–Crippen LogP) is 5.08. The Hall–Kier alpha value is -3.31. The highest BCUT2D eigenvalue weighted by molar-refractivity contribution is 5.94. The van der Waals surface area contributed by atoms with E-state index in [1.807, 2.05) is 24.3 Å². The number of hydrogen-bond donors (Lipinski definition) is 2. The minimum Gasteiger partial charge on any atom is -0.508 e. The third-order valence-electron chi connectivity index (χ3n) is 6.46. The number of benzene rings is 3. The van der Waals surface area contributed by atoms with Crippen molar-refractivity contribution in [1.82, 2.24) is 10.2 Å². The van der Waals surface area contributed by atoms with Crippen LogP contribution in [-0.2, 0) is 0 Å². The summed E-state index contributed by atoms with van der Waals surface area (Å²) in [5.74, 6) is 0.286. The molecule has 1 fully saturated rings. The molecule has 172 valence electrons. The molecule has 5 nitrogen and oxygen atoms in total. The van der Waals surface area contributed by atoms with Crippen LogP contribution in [0.25, 0.3) is 11.1 Å². The van der Waals surface area contributed by atoms with Gasteiger partial charge >= 0.3 is 0 Å². The number of carbonyl (C=O) groups excluding carboxylic acids is 1. The minimum absolute atomic E-state index is 0.00266. The molecule has 1 heterocycles. The summed E-state index contributed by atoms with van der Waals surface area (Å²) in [4.78, 5) is 17.0. The number of phenols is 1. The van der Waals surface area contributed by atoms with Crippen molar-refractivity contribution in [1.29, 1.82) is 0 Å². The summed E-state index contributed by atoms with van der Waals surface area (Å²) in [5.41, 5.74) is 5.32. The maximum atomic E-state index is 12.1. The Bertz CT molecular complexity index is 1060. The molecule has 0 radical (unpaired) electrons. The van der Waals surface area contributed by atoms with Crippen LogP contribution >= 0.6 is 0 Å². The highest BCUT2D eigenvalue weighted by Crippen LogP contribution is 2.28. The van der Waals surface area contributed by atoms with Gasteiger partial charge in [-0.25, -0.2) is 0 Å². The third kappa shape index (κ3) is 5.55. The third-order valence-corrected chi connectivity index (χ3v) is 6.46. The molecule has 1 saturated heterocycles. The molecular weight excluding hydrogens is 410 g/mol. The second-order valence-corrected chi connectivity index (χ2v) is 8.67. The van der Waals surface area contributed by atoms with Gasteiger partial charge in [-0.05, 0) is 66.4 Å². The molecule has 0 aromatic heterocycles. The van der Waals surface area contributed by atoms with E-state index in [2.05, 4.69) is 65.4 Å². The normalized spacial score (nSPS) is 15.3. The second-order valence-electron chi connectivity index (χ2n) is 8.67. The SMILES string of the molecule is CCCNC(=O)c1ccc(N2CCN(C(C)c3ccc(-c4cccc(O)c4)cc3)CC2)cc1. The Morgan fingerprint density at radius 1 is 0.939 bits per heavy atom. The fourth-order valence-electron chi connectivity index (χ4n) is 4.38. The van der Waals surface area contributed by atoms with Crippen molar-refractivity contribution in [2.45, 2.75) is 26.3 Å². The Labute approximate surface area is 196 Å². The summed E-state index contributed by atoms with van der Waals surface area (Å²) in [6.07, 6.45) is 0.939. The first-order chi connectivity index (χ1) is 16.0. The number of nitrogens with one attached hydrogen (secondary N) is 1. The van der Waals surface area contributed by atoms with Crippen LogP contribution in [0.1, 0.15) is 42.2 Å². The zero-order valence-electron chi connectivity index (χ0n) is 19.5. The molecule has 33 heavy (non-hydrogen) atoms. The van der Waals surface area contributed by atoms with E-state index in [0.717, 1.165) is 43.7 Å². The van der Waals surface area contributed by atoms with Gasteiger partial charge in [-0.2, -0.15) is 0 Å². The number of aromatic hydroxyl groups is 1. The Balaban J connectivity index is 1.33. The number of rotatable bonds is 7. The molecule has 5 heteroatoms. The lowest BCUT2D eigenvalue weighted by Crippen LogP contribution is -2.47.